The van der Waals surface area contributed by atoms with Gasteiger partial charge in [0.1, 0.15) is 5.75 Å². The van der Waals surface area contributed by atoms with Gasteiger partial charge in [0.25, 0.3) is 0 Å². The summed E-state index contributed by atoms with van der Waals surface area (Å²) >= 11 is 0. The fourth-order valence-corrected chi connectivity index (χ4v) is 2.11. The smallest absolute Gasteiger partial charge is 0.122 e. The molecule has 1 N–H and O–H groups in total. The topological polar surface area (TPSA) is 21.3 Å². The number of unbranched alkanes of at least 4 members (excludes halogenated alkanes) is 1. The summed E-state index contributed by atoms with van der Waals surface area (Å²) in [5.41, 5.74) is 2.81. The first-order valence-electron chi connectivity index (χ1n) is 7.90. The van der Waals surface area contributed by atoms with Crippen molar-refractivity contribution in [3.63, 3.8) is 0 Å². The minimum Gasteiger partial charge on any atom is -0.493 e. The molecular weight excluding hydrogens is 246 g/mol. The number of aryl methyl sites for hydroxylation is 1. The maximum Gasteiger partial charge on any atom is 0.122 e. The second-order valence-corrected chi connectivity index (χ2v) is 6.54. The van der Waals surface area contributed by atoms with Gasteiger partial charge in [-0.05, 0) is 61.9 Å². The first-order valence-corrected chi connectivity index (χ1v) is 7.90. The molecule has 0 spiro atoms. The molecule has 0 bridgehead atoms. The molecule has 20 heavy (non-hydrogen) atoms. The molecule has 114 valence electrons. The Bertz CT molecular complexity index is 393. The normalized spacial score (nSPS) is 11.7. The Labute approximate surface area is 124 Å². The minimum atomic E-state index is 0.203. The van der Waals surface area contributed by atoms with Crippen molar-refractivity contribution in [2.45, 2.75) is 59.3 Å². The third-order valence-electron chi connectivity index (χ3n) is 3.47. The molecule has 0 saturated heterocycles. The van der Waals surface area contributed by atoms with E-state index in [9.17, 15) is 0 Å². The van der Waals surface area contributed by atoms with Crippen LogP contribution >= 0.6 is 0 Å². The van der Waals surface area contributed by atoms with Crippen molar-refractivity contribution in [2.24, 2.45) is 0 Å². The summed E-state index contributed by atoms with van der Waals surface area (Å²) in [7, 11) is 0. The molecule has 0 aliphatic carbocycles. The van der Waals surface area contributed by atoms with Crippen LogP contribution in [-0.4, -0.2) is 19.7 Å². The largest absolute Gasteiger partial charge is 0.493 e. The van der Waals surface area contributed by atoms with Gasteiger partial charge in [-0.1, -0.05) is 39.8 Å². The van der Waals surface area contributed by atoms with Crippen molar-refractivity contribution >= 4 is 0 Å². The predicted octanol–water partition coefficient (Wildman–Crippen LogP) is 4.45. The quantitative estimate of drug-likeness (QED) is 0.709. The average molecular weight is 277 g/mol. The summed E-state index contributed by atoms with van der Waals surface area (Å²) in [4.78, 5) is 0. The van der Waals surface area contributed by atoms with E-state index in [4.69, 9.17) is 4.74 Å². The van der Waals surface area contributed by atoms with Gasteiger partial charge < -0.3 is 10.1 Å². The first-order chi connectivity index (χ1) is 9.45. The van der Waals surface area contributed by atoms with Crippen LogP contribution in [0.4, 0.5) is 0 Å². The van der Waals surface area contributed by atoms with Gasteiger partial charge in [0.2, 0.25) is 0 Å². The summed E-state index contributed by atoms with van der Waals surface area (Å²) in [5, 5.41) is 3.41. The lowest BCUT2D eigenvalue weighted by Crippen LogP contribution is -2.16. The summed E-state index contributed by atoms with van der Waals surface area (Å²) in [5.74, 6) is 1.03. The summed E-state index contributed by atoms with van der Waals surface area (Å²) in [6.07, 6.45) is 3.49. The zero-order valence-corrected chi connectivity index (χ0v) is 13.9. The molecule has 0 aromatic heterocycles. The fraction of sp³-hybridized carbons (Fsp3) is 0.667. The number of ether oxygens (including phenoxy) is 1. The van der Waals surface area contributed by atoms with Crippen molar-refractivity contribution in [1.82, 2.24) is 5.32 Å². The average Bonchev–Trinajstić information content (AvgIpc) is 2.38. The van der Waals surface area contributed by atoms with Crippen LogP contribution in [0.3, 0.4) is 0 Å². The van der Waals surface area contributed by atoms with Crippen molar-refractivity contribution in [3.05, 3.63) is 29.3 Å². The lowest BCUT2D eigenvalue weighted by molar-refractivity contribution is 0.303. The van der Waals surface area contributed by atoms with Gasteiger partial charge in [-0.25, -0.2) is 0 Å². The second kappa shape index (κ2) is 8.31. The van der Waals surface area contributed by atoms with Gasteiger partial charge in [0, 0.05) is 0 Å². The van der Waals surface area contributed by atoms with Crippen LogP contribution < -0.4 is 10.1 Å². The zero-order valence-electron chi connectivity index (χ0n) is 13.9. The molecule has 2 heteroatoms. The minimum absolute atomic E-state index is 0.203. The van der Waals surface area contributed by atoms with Gasteiger partial charge >= 0.3 is 0 Å². The van der Waals surface area contributed by atoms with Gasteiger partial charge in [-0.2, -0.15) is 0 Å². The molecule has 0 aliphatic rings. The molecule has 0 amide bonds. The summed E-state index contributed by atoms with van der Waals surface area (Å²) in [6, 6.07) is 6.55. The van der Waals surface area contributed by atoms with Gasteiger partial charge in [0.05, 0.1) is 6.61 Å². The molecule has 1 aromatic carbocycles. The molecule has 0 fully saturated rings. The van der Waals surface area contributed by atoms with E-state index in [0.29, 0.717) is 0 Å². The number of hydrogen-bond donors (Lipinski definition) is 1. The van der Waals surface area contributed by atoms with E-state index in [1.807, 2.05) is 0 Å². The Balaban J connectivity index is 2.34. The van der Waals surface area contributed by atoms with Gasteiger partial charge in [0.15, 0.2) is 0 Å². The van der Waals surface area contributed by atoms with Crippen LogP contribution in [0, 0.1) is 6.92 Å². The molecule has 0 saturated carbocycles. The summed E-state index contributed by atoms with van der Waals surface area (Å²) < 4.78 is 5.88. The van der Waals surface area contributed by atoms with Gasteiger partial charge in [-0.15, -0.1) is 0 Å². The number of rotatable bonds is 8. The molecule has 1 aromatic rings. The van der Waals surface area contributed by atoms with Crippen LogP contribution in [0.1, 0.15) is 58.1 Å². The first kappa shape index (κ1) is 17.0. The molecule has 0 aliphatic heterocycles. The SMILES string of the molecule is CCCNCCCCOc1ccc(C(C)(C)C)cc1C. The highest BCUT2D eigenvalue weighted by molar-refractivity contribution is 5.38. The summed E-state index contributed by atoms with van der Waals surface area (Å²) in [6.45, 7) is 14.1. The maximum atomic E-state index is 5.88. The molecule has 0 radical (unpaired) electrons. The Morgan fingerprint density at radius 1 is 1.10 bits per heavy atom. The van der Waals surface area contributed by atoms with E-state index in [-0.39, 0.29) is 5.41 Å². The lowest BCUT2D eigenvalue weighted by atomic mass is 9.86. The third-order valence-corrected chi connectivity index (χ3v) is 3.47. The molecule has 1 rings (SSSR count). The van der Waals surface area contributed by atoms with E-state index in [2.05, 4.69) is 58.1 Å². The van der Waals surface area contributed by atoms with Crippen LogP contribution in [0.25, 0.3) is 0 Å². The standard InChI is InChI=1S/C18H31NO/c1-6-11-19-12-7-8-13-20-17-10-9-16(14-15(17)2)18(3,4)5/h9-10,14,19H,6-8,11-13H2,1-5H3. The van der Waals surface area contributed by atoms with Crippen LogP contribution in [0.2, 0.25) is 0 Å². The second-order valence-electron chi connectivity index (χ2n) is 6.54. The number of nitrogens with one attached hydrogen (secondary N) is 1. The Kier molecular flexibility index (Phi) is 7.08. The van der Waals surface area contributed by atoms with Crippen molar-refractivity contribution in [1.29, 1.82) is 0 Å². The van der Waals surface area contributed by atoms with E-state index >= 15 is 0 Å². The fourth-order valence-electron chi connectivity index (χ4n) is 2.11. The number of benzene rings is 1. The Morgan fingerprint density at radius 2 is 1.85 bits per heavy atom. The predicted molar refractivity (Wildman–Crippen MR) is 87.8 cm³/mol. The number of hydrogen-bond acceptors (Lipinski definition) is 2. The Hall–Kier alpha value is -1.02. The van der Waals surface area contributed by atoms with E-state index < -0.39 is 0 Å². The molecular formula is C18H31NO. The van der Waals surface area contributed by atoms with E-state index in [0.717, 1.165) is 31.9 Å². The third kappa shape index (κ3) is 5.96. The van der Waals surface area contributed by atoms with E-state index in [1.165, 1.54) is 24.0 Å². The molecule has 0 heterocycles. The van der Waals surface area contributed by atoms with Gasteiger partial charge in [-0.3, -0.25) is 0 Å². The highest BCUT2D eigenvalue weighted by atomic mass is 16.5. The highest BCUT2D eigenvalue weighted by Gasteiger charge is 2.14. The lowest BCUT2D eigenvalue weighted by Gasteiger charge is -2.20. The Morgan fingerprint density at radius 3 is 2.45 bits per heavy atom. The zero-order chi connectivity index (χ0) is 15.0. The van der Waals surface area contributed by atoms with Crippen molar-refractivity contribution in [2.75, 3.05) is 19.7 Å². The maximum absolute atomic E-state index is 5.88. The molecule has 0 atom stereocenters. The molecule has 2 nitrogen and oxygen atoms in total. The molecule has 0 unspecified atom stereocenters. The van der Waals surface area contributed by atoms with E-state index in [1.54, 1.807) is 0 Å². The van der Waals surface area contributed by atoms with Crippen LogP contribution in [-0.2, 0) is 5.41 Å². The highest BCUT2D eigenvalue weighted by Crippen LogP contribution is 2.27. The van der Waals surface area contributed by atoms with Crippen molar-refractivity contribution < 1.29 is 4.74 Å². The van der Waals surface area contributed by atoms with Crippen molar-refractivity contribution in [3.8, 4) is 5.75 Å². The monoisotopic (exact) mass is 277 g/mol. The van der Waals surface area contributed by atoms with Crippen LogP contribution in [0.15, 0.2) is 18.2 Å². The van der Waals surface area contributed by atoms with Crippen LogP contribution in [0.5, 0.6) is 5.75 Å².